The molecule has 0 spiro atoms. The van der Waals surface area contributed by atoms with Crippen LogP contribution in [0.25, 0.3) is 0 Å². The minimum Gasteiger partial charge on any atom is -0.463 e. The molecule has 5 nitrogen and oxygen atoms in total. The summed E-state index contributed by atoms with van der Waals surface area (Å²) in [6.45, 7) is 0.366. The number of nitrogens with one attached hydrogen (secondary N) is 1. The molecule has 0 aliphatic rings. The van der Waals surface area contributed by atoms with E-state index in [1.54, 1.807) is 24.3 Å². The Morgan fingerprint density at radius 3 is 2.77 bits per heavy atom. The molecule has 0 aliphatic heterocycles. The summed E-state index contributed by atoms with van der Waals surface area (Å²) in [5, 5.41) is 21.8. The van der Waals surface area contributed by atoms with Crippen molar-refractivity contribution in [3.63, 3.8) is 0 Å². The van der Waals surface area contributed by atoms with Gasteiger partial charge in [-0.2, -0.15) is 10.5 Å². The first kappa shape index (κ1) is 15.4. The van der Waals surface area contributed by atoms with Crippen molar-refractivity contribution in [1.29, 1.82) is 10.5 Å². The third-order valence-electron chi connectivity index (χ3n) is 2.68. The second kappa shape index (κ2) is 7.68. The molecule has 1 heterocycles. The Labute approximate surface area is 132 Å². The average Bonchev–Trinajstić information content (AvgIpc) is 3.04. The van der Waals surface area contributed by atoms with Crippen LogP contribution < -0.4 is 5.32 Å². The van der Waals surface area contributed by atoms with Crippen LogP contribution in [-0.2, 0) is 6.54 Å². The summed E-state index contributed by atoms with van der Waals surface area (Å²) in [4.78, 5) is 3.97. The summed E-state index contributed by atoms with van der Waals surface area (Å²) >= 11 is 5.90. The molecule has 2 rings (SSSR count). The zero-order chi connectivity index (χ0) is 15.8. The Morgan fingerprint density at radius 2 is 2.14 bits per heavy atom. The van der Waals surface area contributed by atoms with E-state index in [2.05, 4.69) is 10.3 Å². The highest BCUT2D eigenvalue weighted by atomic mass is 35.5. The van der Waals surface area contributed by atoms with E-state index in [-0.39, 0.29) is 11.4 Å². The van der Waals surface area contributed by atoms with Gasteiger partial charge in [-0.1, -0.05) is 23.7 Å². The van der Waals surface area contributed by atoms with Crippen LogP contribution in [0, 0.1) is 22.7 Å². The number of nitriles is 2. The number of nitrogens with zero attached hydrogens (tertiary/aromatic N) is 3. The number of allylic oxidation sites excluding steroid dienone is 2. The molecular formula is C16H11ClN4O. The summed E-state index contributed by atoms with van der Waals surface area (Å²) in [6.07, 6.45) is 2.89. The van der Waals surface area contributed by atoms with Gasteiger partial charge in [-0.3, -0.25) is 0 Å². The topological polar surface area (TPSA) is 85.1 Å². The van der Waals surface area contributed by atoms with E-state index in [0.29, 0.717) is 17.3 Å². The van der Waals surface area contributed by atoms with Crippen molar-refractivity contribution in [2.24, 2.45) is 4.99 Å². The summed E-state index contributed by atoms with van der Waals surface area (Å²) < 4.78 is 5.08. The summed E-state index contributed by atoms with van der Waals surface area (Å²) in [6, 6.07) is 14.5. The molecule has 0 aliphatic carbocycles. The van der Waals surface area contributed by atoms with Gasteiger partial charge in [-0.15, -0.1) is 0 Å². The first-order valence-electron chi connectivity index (χ1n) is 6.33. The fraction of sp³-hybridized carbons (Fsp3) is 0.0625. The van der Waals surface area contributed by atoms with Crippen molar-refractivity contribution in [1.82, 2.24) is 5.32 Å². The largest absolute Gasteiger partial charge is 0.463 e. The third kappa shape index (κ3) is 4.24. The SMILES string of the molecule is N#C/C(N=Cc1ccco1)=C(\C#N)NCc1cccc(Cl)c1. The maximum Gasteiger partial charge on any atom is 0.174 e. The summed E-state index contributed by atoms with van der Waals surface area (Å²) in [5.74, 6) is 0.500. The van der Waals surface area contributed by atoms with Gasteiger partial charge in [0.25, 0.3) is 0 Å². The smallest absolute Gasteiger partial charge is 0.174 e. The number of aliphatic imine (C=N–C) groups is 1. The Hall–Kier alpha value is -3.02. The lowest BCUT2D eigenvalue weighted by Gasteiger charge is -2.05. The van der Waals surface area contributed by atoms with E-state index < -0.39 is 0 Å². The fourth-order valence-electron chi connectivity index (χ4n) is 1.66. The monoisotopic (exact) mass is 310 g/mol. The normalized spacial score (nSPS) is 11.6. The van der Waals surface area contributed by atoms with Crippen molar-refractivity contribution in [2.45, 2.75) is 6.54 Å². The summed E-state index contributed by atoms with van der Waals surface area (Å²) in [5.41, 5.74) is 0.971. The van der Waals surface area contributed by atoms with Crippen molar-refractivity contribution < 1.29 is 4.42 Å². The molecule has 2 aromatic rings. The minimum atomic E-state index is -0.0130. The van der Waals surface area contributed by atoms with E-state index in [1.165, 1.54) is 12.5 Å². The van der Waals surface area contributed by atoms with Crippen LogP contribution in [0.3, 0.4) is 0 Å². The van der Waals surface area contributed by atoms with Gasteiger partial charge >= 0.3 is 0 Å². The highest BCUT2D eigenvalue weighted by Crippen LogP contribution is 2.11. The van der Waals surface area contributed by atoms with Gasteiger partial charge in [0, 0.05) is 11.6 Å². The molecule has 1 N–H and O–H groups in total. The minimum absolute atomic E-state index is 0.0130. The number of rotatable bonds is 5. The lowest BCUT2D eigenvalue weighted by molar-refractivity contribution is 0.560. The lowest BCUT2D eigenvalue weighted by Crippen LogP contribution is -2.13. The van der Waals surface area contributed by atoms with Gasteiger partial charge in [-0.25, -0.2) is 4.99 Å². The Kier molecular flexibility index (Phi) is 5.37. The predicted molar refractivity (Wildman–Crippen MR) is 82.8 cm³/mol. The molecular weight excluding hydrogens is 300 g/mol. The van der Waals surface area contributed by atoms with Crippen LogP contribution in [0.15, 0.2) is 63.5 Å². The lowest BCUT2D eigenvalue weighted by atomic mass is 10.2. The molecule has 6 heteroatoms. The fourth-order valence-corrected chi connectivity index (χ4v) is 1.87. The average molecular weight is 311 g/mol. The number of halogens is 1. The molecule has 108 valence electrons. The molecule has 1 aromatic heterocycles. The van der Waals surface area contributed by atoms with Gasteiger partial charge in [0.05, 0.1) is 12.5 Å². The van der Waals surface area contributed by atoms with Crippen molar-refractivity contribution in [3.8, 4) is 12.1 Å². The molecule has 0 amide bonds. The van der Waals surface area contributed by atoms with Gasteiger partial charge in [-0.05, 0) is 29.8 Å². The van der Waals surface area contributed by atoms with E-state index in [4.69, 9.17) is 21.3 Å². The zero-order valence-electron chi connectivity index (χ0n) is 11.5. The number of furan rings is 1. The highest BCUT2D eigenvalue weighted by molar-refractivity contribution is 6.30. The van der Waals surface area contributed by atoms with Gasteiger partial charge in [0.2, 0.25) is 0 Å². The van der Waals surface area contributed by atoms with Gasteiger partial charge in [0.15, 0.2) is 11.4 Å². The Morgan fingerprint density at radius 1 is 1.27 bits per heavy atom. The molecule has 0 radical (unpaired) electrons. The van der Waals surface area contributed by atoms with Crippen LogP contribution in [0.5, 0.6) is 0 Å². The zero-order valence-corrected chi connectivity index (χ0v) is 12.2. The molecule has 22 heavy (non-hydrogen) atoms. The molecule has 0 unspecified atom stereocenters. The summed E-state index contributed by atoms with van der Waals surface area (Å²) in [7, 11) is 0. The maximum absolute atomic E-state index is 9.17. The second-order valence-electron chi connectivity index (χ2n) is 4.20. The quantitative estimate of drug-likeness (QED) is 0.677. The molecule has 0 saturated carbocycles. The van der Waals surface area contributed by atoms with Crippen LogP contribution >= 0.6 is 11.6 Å². The molecule has 0 bridgehead atoms. The number of benzene rings is 1. The third-order valence-corrected chi connectivity index (χ3v) is 2.91. The molecule has 0 saturated heterocycles. The Balaban J connectivity index is 2.13. The van der Waals surface area contributed by atoms with Crippen LogP contribution in [0.2, 0.25) is 5.02 Å². The number of hydrogen-bond acceptors (Lipinski definition) is 5. The first-order valence-corrected chi connectivity index (χ1v) is 6.71. The maximum atomic E-state index is 9.17. The van der Waals surface area contributed by atoms with Crippen LogP contribution in [0.4, 0.5) is 0 Å². The van der Waals surface area contributed by atoms with Crippen LogP contribution in [-0.4, -0.2) is 6.21 Å². The van der Waals surface area contributed by atoms with E-state index in [9.17, 15) is 5.26 Å². The van der Waals surface area contributed by atoms with E-state index in [1.807, 2.05) is 24.3 Å². The van der Waals surface area contributed by atoms with Gasteiger partial charge in [0.1, 0.15) is 17.9 Å². The number of hydrogen-bond donors (Lipinski definition) is 1. The molecule has 1 aromatic carbocycles. The van der Waals surface area contributed by atoms with Crippen LogP contribution in [0.1, 0.15) is 11.3 Å². The first-order chi connectivity index (χ1) is 10.7. The van der Waals surface area contributed by atoms with Crippen molar-refractivity contribution in [3.05, 3.63) is 70.4 Å². The van der Waals surface area contributed by atoms with Gasteiger partial charge < -0.3 is 9.73 Å². The standard InChI is InChI=1S/C16H11ClN4O/c17-13-4-1-3-12(7-13)10-20-15(8-18)16(9-19)21-11-14-5-2-6-22-14/h1-7,11,20H,10H2/b16-15-,21-11?. The van der Waals surface area contributed by atoms with E-state index in [0.717, 1.165) is 5.56 Å². The second-order valence-corrected chi connectivity index (χ2v) is 4.64. The van der Waals surface area contributed by atoms with Crippen molar-refractivity contribution >= 4 is 17.8 Å². The predicted octanol–water partition coefficient (Wildman–Crippen LogP) is 3.40. The van der Waals surface area contributed by atoms with E-state index >= 15 is 0 Å². The Bertz CT molecular complexity index is 779. The van der Waals surface area contributed by atoms with Crippen molar-refractivity contribution in [2.75, 3.05) is 0 Å². The highest BCUT2D eigenvalue weighted by Gasteiger charge is 2.05. The molecule has 0 fully saturated rings. The molecule has 0 atom stereocenters.